The maximum atomic E-state index is 11.2. The molecule has 4 aromatic carbocycles. The summed E-state index contributed by atoms with van der Waals surface area (Å²) in [5.74, 6) is -1.19. The number of aromatic hydroxyl groups is 2. The van der Waals surface area contributed by atoms with Crippen LogP contribution in [0.25, 0.3) is 21.5 Å². The lowest BCUT2D eigenvalue weighted by Gasteiger charge is -2.13. The molecular formula is C23H20B2N4O8S2-2. The summed E-state index contributed by atoms with van der Waals surface area (Å²) < 4.78 is 67.0. The Morgan fingerprint density at radius 2 is 1.10 bits per heavy atom. The first-order valence-electron chi connectivity index (χ1n) is 10.3. The van der Waals surface area contributed by atoms with Crippen LogP contribution in [0.15, 0.2) is 78.6 Å². The Kier molecular flexibility index (Phi) is 9.57. The third kappa shape index (κ3) is 6.78. The highest BCUT2D eigenvalue weighted by Gasteiger charge is 2.18. The standard InChI is InChI=1S/2C11H9BN2O4S.CH4/c1-6-2-3-8-7(4-6)5-9(19(16,17)18)10(11(8)15)13-14-12;1-6-2-3-8-7(4-6)5-9(19(16,17)18)11(15)10(8)13-14-12;/h2*2-5,15H,1H3,(H,16,17,18);1H4/p-2. The molecule has 4 radical (unpaired) electrons. The number of aryl methyl sites for hydroxylation is 2. The van der Waals surface area contributed by atoms with Crippen LogP contribution in [0, 0.1) is 13.8 Å². The summed E-state index contributed by atoms with van der Waals surface area (Å²) in [5, 5.41) is 34.3. The zero-order valence-corrected chi connectivity index (χ0v) is 21.4. The lowest BCUT2D eigenvalue weighted by molar-refractivity contribution is 0.436. The van der Waals surface area contributed by atoms with Crippen molar-refractivity contribution in [3.05, 3.63) is 59.7 Å². The average molecular weight is 566 g/mol. The van der Waals surface area contributed by atoms with Gasteiger partial charge in [-0.25, -0.2) is 16.8 Å². The highest BCUT2D eigenvalue weighted by Crippen LogP contribution is 2.42. The van der Waals surface area contributed by atoms with Gasteiger partial charge in [-0.2, -0.15) is 10.2 Å². The summed E-state index contributed by atoms with van der Waals surface area (Å²) in [6, 6.07) is 12.3. The quantitative estimate of drug-likeness (QED) is 0.204. The maximum Gasteiger partial charge on any atom is 0.293 e. The van der Waals surface area contributed by atoms with Gasteiger partial charge in [0.1, 0.15) is 31.6 Å². The van der Waals surface area contributed by atoms with Gasteiger partial charge in [-0.1, -0.05) is 55.0 Å². The van der Waals surface area contributed by atoms with E-state index in [0.29, 0.717) is 21.5 Å². The van der Waals surface area contributed by atoms with Crippen molar-refractivity contribution >= 4 is 69.1 Å². The van der Waals surface area contributed by atoms with Gasteiger partial charge in [0.25, 0.3) is 16.0 Å². The summed E-state index contributed by atoms with van der Waals surface area (Å²) in [6.45, 7) is 3.61. The van der Waals surface area contributed by atoms with Gasteiger partial charge in [-0.05, 0) is 36.8 Å². The van der Waals surface area contributed by atoms with Gasteiger partial charge >= 0.3 is 0 Å². The topological polar surface area (TPSA) is 204 Å². The lowest BCUT2D eigenvalue weighted by Crippen LogP contribution is -1.99. The number of phenolic OH excluding ortho intramolecular Hbond substituents is 2. The minimum absolute atomic E-state index is 0. The van der Waals surface area contributed by atoms with Crippen LogP contribution in [-0.4, -0.2) is 52.1 Å². The molecule has 0 amide bonds. The minimum atomic E-state index is -4.82. The highest BCUT2D eigenvalue weighted by molar-refractivity contribution is 7.86. The van der Waals surface area contributed by atoms with Crippen LogP contribution in [0.1, 0.15) is 18.6 Å². The fourth-order valence-corrected chi connectivity index (χ4v) is 4.89. The van der Waals surface area contributed by atoms with E-state index in [9.17, 15) is 36.2 Å². The van der Waals surface area contributed by atoms with E-state index in [0.717, 1.165) is 23.3 Å². The van der Waals surface area contributed by atoms with Crippen molar-refractivity contribution in [2.45, 2.75) is 31.1 Å². The first-order valence-corrected chi connectivity index (χ1v) is 13.2. The zero-order valence-electron chi connectivity index (χ0n) is 19.7. The monoisotopic (exact) mass is 566 g/mol. The van der Waals surface area contributed by atoms with E-state index < -0.39 is 47.2 Å². The van der Waals surface area contributed by atoms with Crippen molar-refractivity contribution in [2.75, 3.05) is 0 Å². The van der Waals surface area contributed by atoms with Crippen LogP contribution in [0.3, 0.4) is 0 Å². The number of fused-ring (bicyclic) bond motifs is 2. The Morgan fingerprint density at radius 3 is 1.59 bits per heavy atom. The van der Waals surface area contributed by atoms with E-state index in [1.54, 1.807) is 43.3 Å². The zero-order chi connectivity index (χ0) is 28.4. The predicted octanol–water partition coefficient (Wildman–Crippen LogP) is 4.49. The normalized spacial score (nSPS) is 12.0. The molecule has 4 aromatic rings. The van der Waals surface area contributed by atoms with Gasteiger partial charge in [-0.15, -0.1) is 0 Å². The molecule has 0 aliphatic rings. The van der Waals surface area contributed by atoms with Crippen molar-refractivity contribution in [3.8, 4) is 11.5 Å². The van der Waals surface area contributed by atoms with Gasteiger partial charge in [0.05, 0.1) is 9.79 Å². The number of benzene rings is 4. The molecule has 39 heavy (non-hydrogen) atoms. The van der Waals surface area contributed by atoms with E-state index in [1.807, 2.05) is 6.92 Å². The molecule has 2 N–H and O–H groups in total. The van der Waals surface area contributed by atoms with Crippen LogP contribution >= 0.6 is 0 Å². The third-order valence-corrected chi connectivity index (χ3v) is 6.97. The van der Waals surface area contributed by atoms with Crippen LogP contribution in [-0.2, 0) is 20.2 Å². The largest absolute Gasteiger partial charge is 0.744 e. The van der Waals surface area contributed by atoms with Gasteiger partial charge in [0, 0.05) is 10.8 Å². The van der Waals surface area contributed by atoms with E-state index in [4.69, 9.17) is 16.0 Å². The van der Waals surface area contributed by atoms with Gasteiger partial charge in [0.2, 0.25) is 0 Å². The minimum Gasteiger partial charge on any atom is -0.744 e. The predicted molar refractivity (Wildman–Crippen MR) is 144 cm³/mol. The summed E-state index contributed by atoms with van der Waals surface area (Å²) in [7, 11) is 0.166. The molecule has 12 nitrogen and oxygen atoms in total. The summed E-state index contributed by atoms with van der Waals surface area (Å²) in [6.07, 6.45) is 0. The van der Waals surface area contributed by atoms with Crippen LogP contribution in [0.2, 0.25) is 0 Å². The molecule has 0 spiro atoms. The molecule has 200 valence electrons. The highest BCUT2D eigenvalue weighted by atomic mass is 32.2. The molecule has 0 bridgehead atoms. The molecular weight excluding hydrogens is 546 g/mol. The average Bonchev–Trinajstić information content (AvgIpc) is 2.81. The maximum absolute atomic E-state index is 11.2. The van der Waals surface area contributed by atoms with Crippen molar-refractivity contribution in [2.24, 2.45) is 20.3 Å². The van der Waals surface area contributed by atoms with Crippen molar-refractivity contribution < 1.29 is 36.2 Å². The molecule has 0 saturated carbocycles. The Bertz CT molecular complexity index is 1850. The Balaban J connectivity index is 0.000000267. The number of rotatable bonds is 4. The van der Waals surface area contributed by atoms with Crippen LogP contribution < -0.4 is 0 Å². The van der Waals surface area contributed by atoms with Gasteiger partial charge in [0.15, 0.2) is 11.5 Å². The Hall–Kier alpha value is -3.85. The molecule has 0 aromatic heterocycles. The number of hydrogen-bond acceptors (Lipinski definition) is 12. The van der Waals surface area contributed by atoms with Crippen LogP contribution in [0.5, 0.6) is 11.5 Å². The second kappa shape index (κ2) is 11.9. The van der Waals surface area contributed by atoms with Gasteiger partial charge in [-0.3, -0.25) is 10.1 Å². The second-order valence-electron chi connectivity index (χ2n) is 7.93. The van der Waals surface area contributed by atoms with E-state index in [1.165, 1.54) is 0 Å². The van der Waals surface area contributed by atoms with E-state index >= 15 is 0 Å². The first-order chi connectivity index (χ1) is 17.7. The lowest BCUT2D eigenvalue weighted by atomic mass is 10.1. The fraction of sp³-hybridized carbons (Fsp3) is 0.130. The molecule has 0 fully saturated rings. The number of hydrogen-bond donors (Lipinski definition) is 2. The molecule has 0 saturated heterocycles. The number of nitrogens with zero attached hydrogens (tertiary/aromatic N) is 4. The SMILES string of the molecule is C.[B]N=Nc1c(O)c(S(=O)(=O)[O-])cc2cc(C)ccc12.[B]N=Nc1c(S(=O)(=O)[O-])cc2cc(C)ccc2c1O. The summed E-state index contributed by atoms with van der Waals surface area (Å²) in [5.41, 5.74) is 1.13. The number of phenols is 2. The first kappa shape index (κ1) is 31.4. The fourth-order valence-electron chi connectivity index (χ4n) is 3.64. The van der Waals surface area contributed by atoms with Crippen molar-refractivity contribution in [1.82, 2.24) is 0 Å². The molecule has 4 rings (SSSR count). The molecule has 0 unspecified atom stereocenters. The smallest absolute Gasteiger partial charge is 0.293 e. The van der Waals surface area contributed by atoms with Gasteiger partial charge < -0.3 is 19.3 Å². The van der Waals surface area contributed by atoms with E-state index in [2.05, 4.69) is 20.3 Å². The van der Waals surface area contributed by atoms with Crippen molar-refractivity contribution in [1.29, 1.82) is 0 Å². The molecule has 16 heteroatoms. The second-order valence-corrected chi connectivity index (χ2v) is 10.6. The molecule has 0 aliphatic heterocycles. The summed E-state index contributed by atoms with van der Waals surface area (Å²) >= 11 is 0. The third-order valence-electron chi connectivity index (χ3n) is 5.27. The van der Waals surface area contributed by atoms with Crippen molar-refractivity contribution in [3.63, 3.8) is 0 Å². The van der Waals surface area contributed by atoms with Crippen LogP contribution in [0.4, 0.5) is 11.4 Å². The summed E-state index contributed by atoms with van der Waals surface area (Å²) in [4.78, 5) is -1.40. The Labute approximate surface area is 227 Å². The molecule has 0 aliphatic carbocycles. The molecule has 0 atom stereocenters. The Morgan fingerprint density at radius 1 is 0.667 bits per heavy atom. The molecule has 0 heterocycles. The van der Waals surface area contributed by atoms with E-state index in [-0.39, 0.29) is 13.1 Å².